The van der Waals surface area contributed by atoms with Crippen LogP contribution in [0.2, 0.25) is 0 Å². The van der Waals surface area contributed by atoms with Crippen LogP contribution in [0.4, 0.5) is 0 Å². The van der Waals surface area contributed by atoms with Gasteiger partial charge in [-0.15, -0.1) is 5.10 Å². The van der Waals surface area contributed by atoms with Gasteiger partial charge in [0, 0.05) is 0 Å². The van der Waals surface area contributed by atoms with Gasteiger partial charge >= 0.3 is 0 Å². The van der Waals surface area contributed by atoms with Gasteiger partial charge in [-0.3, -0.25) is 0 Å². The average Bonchev–Trinajstić information content (AvgIpc) is 2.94. The molecule has 4 atom stereocenters. The maximum atomic E-state index is 10.0. The van der Waals surface area contributed by atoms with Gasteiger partial charge in [-0.1, -0.05) is 5.21 Å². The highest BCUT2D eigenvalue weighted by Gasteiger charge is 2.44. The zero-order valence-electron chi connectivity index (χ0n) is 11.3. The van der Waals surface area contributed by atoms with Gasteiger partial charge in [-0.05, 0) is 37.1 Å². The molecule has 2 heterocycles. The zero-order valence-corrected chi connectivity index (χ0v) is 11.3. The van der Waals surface area contributed by atoms with Gasteiger partial charge in [0.15, 0.2) is 6.23 Å². The smallest absolute Gasteiger partial charge is 0.181 e. The minimum absolute atomic E-state index is 0.362. The first kappa shape index (κ1) is 13.4. The Balaban J connectivity index is 2.05. The lowest BCUT2D eigenvalue weighted by molar-refractivity contribution is -0.0572. The van der Waals surface area contributed by atoms with Crippen LogP contribution in [-0.4, -0.2) is 55.2 Å². The topological polar surface area (TPSA) is 101 Å². The molecular weight excluding hydrogens is 262 g/mol. The summed E-state index contributed by atoms with van der Waals surface area (Å²) in [6.07, 6.45) is -3.97. The summed E-state index contributed by atoms with van der Waals surface area (Å²) in [4.78, 5) is 0. The van der Waals surface area contributed by atoms with Crippen LogP contribution in [0.15, 0.2) is 12.1 Å². The second kappa shape index (κ2) is 4.78. The minimum atomic E-state index is -1.15. The Bertz CT molecular complexity index is 642. The van der Waals surface area contributed by atoms with Crippen LogP contribution in [0.25, 0.3) is 11.0 Å². The number of aliphatic hydroxyl groups is 3. The van der Waals surface area contributed by atoms with Crippen LogP contribution in [0, 0.1) is 13.8 Å². The Morgan fingerprint density at radius 1 is 1.20 bits per heavy atom. The van der Waals surface area contributed by atoms with Crippen molar-refractivity contribution in [2.75, 3.05) is 6.61 Å². The van der Waals surface area contributed by atoms with Gasteiger partial charge in [0.1, 0.15) is 23.8 Å². The maximum Gasteiger partial charge on any atom is 0.181 e. The van der Waals surface area contributed by atoms with E-state index >= 15 is 0 Å². The predicted molar refractivity (Wildman–Crippen MR) is 70.0 cm³/mol. The van der Waals surface area contributed by atoms with Crippen molar-refractivity contribution in [3.05, 3.63) is 23.3 Å². The number of aryl methyl sites for hydroxylation is 2. The first-order valence-corrected chi connectivity index (χ1v) is 6.47. The molecule has 1 aliphatic rings. The van der Waals surface area contributed by atoms with Gasteiger partial charge in [0.2, 0.25) is 0 Å². The molecule has 3 rings (SSSR count). The number of hydrogen-bond acceptors (Lipinski definition) is 6. The third kappa shape index (κ3) is 1.90. The highest BCUT2D eigenvalue weighted by atomic mass is 16.6. The fourth-order valence-electron chi connectivity index (χ4n) is 2.46. The lowest BCUT2D eigenvalue weighted by Crippen LogP contribution is -2.33. The van der Waals surface area contributed by atoms with Crippen LogP contribution >= 0.6 is 0 Å². The van der Waals surface area contributed by atoms with Crippen LogP contribution in [0.5, 0.6) is 0 Å². The summed E-state index contributed by atoms with van der Waals surface area (Å²) < 4.78 is 6.92. The lowest BCUT2D eigenvalue weighted by Gasteiger charge is -2.15. The lowest BCUT2D eigenvalue weighted by atomic mass is 10.1. The van der Waals surface area contributed by atoms with Gasteiger partial charge in [-0.25, -0.2) is 4.68 Å². The van der Waals surface area contributed by atoms with Gasteiger partial charge in [0.25, 0.3) is 0 Å². The Hall–Kier alpha value is -1.54. The molecule has 2 aromatic rings. The van der Waals surface area contributed by atoms with Crippen molar-refractivity contribution < 1.29 is 20.1 Å². The number of ether oxygens (including phenoxy) is 1. The molecule has 20 heavy (non-hydrogen) atoms. The molecule has 3 N–H and O–H groups in total. The monoisotopic (exact) mass is 279 g/mol. The van der Waals surface area contributed by atoms with E-state index in [4.69, 9.17) is 9.84 Å². The molecule has 1 saturated heterocycles. The third-order valence-electron chi connectivity index (χ3n) is 3.84. The first-order chi connectivity index (χ1) is 9.52. The standard InChI is InChI=1S/C13H17N3O4/c1-6-3-8-9(4-7(6)2)16(15-14-8)13-12(19)11(18)10(5-17)20-13/h3-4,10-13,17-19H,5H2,1-2H3/t10-,11+,12+,13+/m0/s1. The van der Waals surface area contributed by atoms with E-state index in [1.807, 2.05) is 26.0 Å². The summed E-state index contributed by atoms with van der Waals surface area (Å²) in [5.41, 5.74) is 3.60. The van der Waals surface area contributed by atoms with Crippen molar-refractivity contribution in [3.8, 4) is 0 Å². The number of rotatable bonds is 2. The fourth-order valence-corrected chi connectivity index (χ4v) is 2.46. The zero-order chi connectivity index (χ0) is 14.4. The third-order valence-corrected chi connectivity index (χ3v) is 3.84. The van der Waals surface area contributed by atoms with E-state index in [-0.39, 0.29) is 6.61 Å². The van der Waals surface area contributed by atoms with Gasteiger partial charge in [0.05, 0.1) is 12.1 Å². The maximum absolute atomic E-state index is 10.0. The van der Waals surface area contributed by atoms with E-state index in [1.165, 1.54) is 4.68 Å². The van der Waals surface area contributed by atoms with Crippen molar-refractivity contribution in [3.63, 3.8) is 0 Å². The molecule has 1 fully saturated rings. The normalized spacial score (nSPS) is 30.2. The fraction of sp³-hybridized carbons (Fsp3) is 0.538. The van der Waals surface area contributed by atoms with E-state index in [1.54, 1.807) is 0 Å². The molecule has 7 heteroatoms. The summed E-state index contributed by atoms with van der Waals surface area (Å²) >= 11 is 0. The van der Waals surface area contributed by atoms with E-state index in [0.29, 0.717) is 5.52 Å². The van der Waals surface area contributed by atoms with Crippen molar-refractivity contribution in [2.24, 2.45) is 0 Å². The molecule has 0 saturated carbocycles. The summed E-state index contributed by atoms with van der Waals surface area (Å²) in [6, 6.07) is 3.83. The van der Waals surface area contributed by atoms with E-state index in [0.717, 1.165) is 16.6 Å². The Labute approximate surface area is 115 Å². The van der Waals surface area contributed by atoms with Crippen molar-refractivity contribution in [2.45, 2.75) is 38.4 Å². The number of hydrogen-bond donors (Lipinski definition) is 3. The van der Waals surface area contributed by atoms with Crippen molar-refractivity contribution >= 4 is 11.0 Å². The molecule has 7 nitrogen and oxygen atoms in total. The first-order valence-electron chi connectivity index (χ1n) is 6.47. The molecule has 0 aliphatic carbocycles. The molecule has 0 amide bonds. The summed E-state index contributed by atoms with van der Waals surface area (Å²) in [7, 11) is 0. The molecule has 1 aromatic heterocycles. The molecule has 0 radical (unpaired) electrons. The molecule has 0 unspecified atom stereocenters. The molecule has 1 aromatic carbocycles. The number of aliphatic hydroxyl groups excluding tert-OH is 3. The SMILES string of the molecule is Cc1cc2nnn([C@@H]3O[C@@H](CO)[C@@H](O)[C@H]3O)c2cc1C. The number of fused-ring (bicyclic) bond motifs is 1. The molecule has 108 valence electrons. The van der Waals surface area contributed by atoms with Crippen LogP contribution in [-0.2, 0) is 4.74 Å². The minimum Gasteiger partial charge on any atom is -0.394 e. The second-order valence-corrected chi connectivity index (χ2v) is 5.19. The van der Waals surface area contributed by atoms with E-state index < -0.39 is 24.5 Å². The van der Waals surface area contributed by atoms with Gasteiger partial charge < -0.3 is 20.1 Å². The number of nitrogens with zero attached hydrogens (tertiary/aromatic N) is 3. The van der Waals surface area contributed by atoms with E-state index in [9.17, 15) is 10.2 Å². The Morgan fingerprint density at radius 3 is 2.55 bits per heavy atom. The second-order valence-electron chi connectivity index (χ2n) is 5.19. The van der Waals surface area contributed by atoms with Crippen molar-refractivity contribution in [1.82, 2.24) is 15.0 Å². The molecule has 0 bridgehead atoms. The summed E-state index contributed by atoms with van der Waals surface area (Å²) in [5, 5.41) is 37.0. The van der Waals surface area contributed by atoms with E-state index in [2.05, 4.69) is 10.3 Å². The quantitative estimate of drug-likeness (QED) is 0.695. The summed E-state index contributed by atoms with van der Waals surface area (Å²) in [6.45, 7) is 3.60. The Morgan fingerprint density at radius 2 is 1.90 bits per heavy atom. The number of benzene rings is 1. The largest absolute Gasteiger partial charge is 0.394 e. The Kier molecular flexibility index (Phi) is 3.21. The molecule has 0 spiro atoms. The average molecular weight is 279 g/mol. The predicted octanol–water partition coefficient (Wildman–Crippen LogP) is -0.340. The van der Waals surface area contributed by atoms with Gasteiger partial charge in [-0.2, -0.15) is 0 Å². The van der Waals surface area contributed by atoms with Crippen LogP contribution in [0.3, 0.4) is 0 Å². The van der Waals surface area contributed by atoms with Crippen molar-refractivity contribution in [1.29, 1.82) is 0 Å². The molecular formula is C13H17N3O4. The highest BCUT2D eigenvalue weighted by molar-refractivity contribution is 5.76. The highest BCUT2D eigenvalue weighted by Crippen LogP contribution is 2.31. The van der Waals surface area contributed by atoms with Crippen LogP contribution < -0.4 is 0 Å². The van der Waals surface area contributed by atoms with Crippen LogP contribution in [0.1, 0.15) is 17.4 Å². The number of aromatic nitrogens is 3. The molecule has 1 aliphatic heterocycles. The summed E-state index contributed by atoms with van der Waals surface area (Å²) in [5.74, 6) is 0.